The Labute approximate surface area is 57.0 Å². The van der Waals surface area contributed by atoms with Crippen LogP contribution >= 0.6 is 11.6 Å². The van der Waals surface area contributed by atoms with Crippen molar-refractivity contribution in [2.45, 2.75) is 13.0 Å². The van der Waals surface area contributed by atoms with E-state index in [1.54, 1.807) is 6.92 Å². The lowest BCUT2D eigenvalue weighted by molar-refractivity contribution is -0.103. The summed E-state index contributed by atoms with van der Waals surface area (Å²) in [4.78, 5) is 15.0. The molecule has 0 aromatic carbocycles. The molecule has 0 saturated carbocycles. The van der Waals surface area contributed by atoms with E-state index in [0.717, 1.165) is 5.17 Å². The first-order valence-corrected chi connectivity index (χ1v) is 2.78. The predicted molar refractivity (Wildman–Crippen MR) is 32.1 cm³/mol. The number of carbonyl (C=O) groups is 1. The number of hydroxylamine groups is 1. The van der Waals surface area contributed by atoms with Crippen molar-refractivity contribution in [1.82, 2.24) is 5.17 Å². The number of hydrogen-bond donors (Lipinski definition) is 0. The van der Waals surface area contributed by atoms with Crippen molar-refractivity contribution >= 4 is 23.2 Å². The molecule has 0 aromatic heterocycles. The van der Waals surface area contributed by atoms with Crippen LogP contribution in [0.1, 0.15) is 6.92 Å². The number of halogens is 1. The van der Waals surface area contributed by atoms with Crippen molar-refractivity contribution in [3.05, 3.63) is 0 Å². The maximum Gasteiger partial charge on any atom is 0.361 e. The summed E-state index contributed by atoms with van der Waals surface area (Å²) in [7, 11) is 0. The van der Waals surface area contributed by atoms with E-state index in [-0.39, 0.29) is 6.10 Å². The summed E-state index contributed by atoms with van der Waals surface area (Å²) in [5.41, 5.74) is 0. The summed E-state index contributed by atoms with van der Waals surface area (Å²) >= 11 is 5.00. The van der Waals surface area contributed by atoms with Gasteiger partial charge < -0.3 is 0 Å². The van der Waals surface area contributed by atoms with Gasteiger partial charge in [-0.05, 0) is 18.5 Å². The Kier molecular flexibility index (Phi) is 1.68. The maximum absolute atomic E-state index is 10.2. The second kappa shape index (κ2) is 2.33. The van der Waals surface area contributed by atoms with Crippen molar-refractivity contribution in [2.24, 2.45) is 5.10 Å². The standard InChI is InChI=1S/C4H5ClN2O2/c1-3-2-6-7(9-3)4(5)8/h2-3H,1H3. The molecule has 0 aliphatic carbocycles. The van der Waals surface area contributed by atoms with Crippen molar-refractivity contribution in [2.75, 3.05) is 0 Å². The third-order valence-corrected chi connectivity index (χ3v) is 0.943. The highest BCUT2D eigenvalue weighted by Crippen LogP contribution is 2.07. The number of rotatable bonds is 0. The number of carbonyl (C=O) groups excluding carboxylic acids is 1. The zero-order chi connectivity index (χ0) is 6.85. The zero-order valence-electron chi connectivity index (χ0n) is 4.74. The average molecular weight is 149 g/mol. The molecule has 0 N–H and O–H groups in total. The minimum atomic E-state index is -0.726. The fourth-order valence-electron chi connectivity index (χ4n) is 0.453. The number of hydrogen-bond acceptors (Lipinski definition) is 3. The number of amides is 1. The zero-order valence-corrected chi connectivity index (χ0v) is 5.50. The Bertz CT molecular complexity index is 159. The number of hydrazone groups is 1. The highest BCUT2D eigenvalue weighted by Gasteiger charge is 2.18. The topological polar surface area (TPSA) is 41.9 Å². The Morgan fingerprint density at radius 3 is 2.89 bits per heavy atom. The van der Waals surface area contributed by atoms with Crippen LogP contribution in [0.2, 0.25) is 0 Å². The molecule has 5 heteroatoms. The first-order valence-electron chi connectivity index (χ1n) is 2.40. The van der Waals surface area contributed by atoms with Crippen LogP contribution in [-0.2, 0) is 4.84 Å². The van der Waals surface area contributed by atoms with Crippen LogP contribution in [0.4, 0.5) is 4.79 Å². The molecular weight excluding hydrogens is 144 g/mol. The van der Waals surface area contributed by atoms with Gasteiger partial charge in [0, 0.05) is 0 Å². The van der Waals surface area contributed by atoms with Gasteiger partial charge in [0.05, 0.1) is 6.21 Å². The van der Waals surface area contributed by atoms with Crippen LogP contribution in [0.15, 0.2) is 5.10 Å². The van der Waals surface area contributed by atoms with E-state index in [2.05, 4.69) is 5.10 Å². The molecule has 4 nitrogen and oxygen atoms in total. The third-order valence-electron chi connectivity index (χ3n) is 0.798. The lowest BCUT2D eigenvalue weighted by Gasteiger charge is -2.05. The monoisotopic (exact) mass is 148 g/mol. The molecule has 0 spiro atoms. The van der Waals surface area contributed by atoms with E-state index in [0.29, 0.717) is 0 Å². The molecule has 1 atom stereocenters. The van der Waals surface area contributed by atoms with E-state index in [1.807, 2.05) is 0 Å². The Morgan fingerprint density at radius 1 is 2.00 bits per heavy atom. The summed E-state index contributed by atoms with van der Waals surface area (Å²) in [6.07, 6.45) is 1.33. The van der Waals surface area contributed by atoms with Gasteiger partial charge in [-0.2, -0.15) is 5.10 Å². The molecule has 0 saturated heterocycles. The molecule has 1 unspecified atom stereocenters. The lowest BCUT2D eigenvalue weighted by Crippen LogP contribution is -2.18. The Hall–Kier alpha value is -0.610. The SMILES string of the molecule is CC1C=NN(C(=O)Cl)O1. The molecule has 1 rings (SSSR count). The van der Waals surface area contributed by atoms with E-state index in [9.17, 15) is 4.79 Å². The molecule has 0 fully saturated rings. The van der Waals surface area contributed by atoms with Gasteiger partial charge in [0.15, 0.2) is 0 Å². The highest BCUT2D eigenvalue weighted by molar-refractivity contribution is 6.62. The minimum absolute atomic E-state index is 0.160. The van der Waals surface area contributed by atoms with Gasteiger partial charge in [-0.1, -0.05) is 5.17 Å². The van der Waals surface area contributed by atoms with Gasteiger partial charge in [0.1, 0.15) is 6.10 Å². The first kappa shape index (κ1) is 6.51. The Morgan fingerprint density at radius 2 is 2.67 bits per heavy atom. The molecule has 0 aromatic rings. The molecule has 9 heavy (non-hydrogen) atoms. The first-order chi connectivity index (χ1) is 4.20. The highest BCUT2D eigenvalue weighted by atomic mass is 35.5. The summed E-state index contributed by atoms with van der Waals surface area (Å²) in [5, 5.41) is 3.54. The van der Waals surface area contributed by atoms with Crippen LogP contribution in [0, 0.1) is 0 Å². The van der Waals surface area contributed by atoms with Gasteiger partial charge >= 0.3 is 5.37 Å². The maximum atomic E-state index is 10.2. The minimum Gasteiger partial charge on any atom is -0.251 e. The average Bonchev–Trinajstić information content (AvgIpc) is 2.14. The summed E-state index contributed by atoms with van der Waals surface area (Å²) in [6, 6.07) is 0. The van der Waals surface area contributed by atoms with Crippen LogP contribution in [0.5, 0.6) is 0 Å². The molecule has 0 radical (unpaired) electrons. The third kappa shape index (κ3) is 1.40. The van der Waals surface area contributed by atoms with Crippen molar-refractivity contribution < 1.29 is 9.63 Å². The molecular formula is C4H5ClN2O2. The normalized spacial score (nSPS) is 25.1. The second-order valence-corrected chi connectivity index (χ2v) is 1.92. The van der Waals surface area contributed by atoms with Gasteiger partial charge in [-0.3, -0.25) is 4.79 Å². The number of nitrogens with zero attached hydrogens (tertiary/aromatic N) is 2. The van der Waals surface area contributed by atoms with E-state index in [1.165, 1.54) is 6.21 Å². The Balaban J connectivity index is 2.50. The summed E-state index contributed by atoms with van der Waals surface area (Å²) in [6.45, 7) is 1.75. The smallest absolute Gasteiger partial charge is 0.251 e. The van der Waals surface area contributed by atoms with E-state index >= 15 is 0 Å². The van der Waals surface area contributed by atoms with Crippen LogP contribution in [-0.4, -0.2) is 22.9 Å². The summed E-state index contributed by atoms with van der Waals surface area (Å²) in [5.74, 6) is 0. The van der Waals surface area contributed by atoms with Crippen LogP contribution < -0.4 is 0 Å². The van der Waals surface area contributed by atoms with E-state index in [4.69, 9.17) is 16.4 Å². The molecule has 50 valence electrons. The largest absolute Gasteiger partial charge is 0.361 e. The lowest BCUT2D eigenvalue weighted by atomic mass is 10.5. The van der Waals surface area contributed by atoms with Crippen molar-refractivity contribution in [3.63, 3.8) is 0 Å². The van der Waals surface area contributed by atoms with Gasteiger partial charge in [0.25, 0.3) is 0 Å². The van der Waals surface area contributed by atoms with Gasteiger partial charge in [-0.25, -0.2) is 4.84 Å². The quantitative estimate of drug-likeness (QED) is 0.379. The summed E-state index contributed by atoms with van der Waals surface area (Å²) < 4.78 is 0. The molecule has 1 heterocycles. The predicted octanol–water partition coefficient (Wildman–Crippen LogP) is 0.967. The van der Waals surface area contributed by atoms with Gasteiger partial charge in [-0.15, -0.1) is 0 Å². The van der Waals surface area contributed by atoms with Crippen molar-refractivity contribution in [3.8, 4) is 0 Å². The van der Waals surface area contributed by atoms with Crippen LogP contribution in [0.3, 0.4) is 0 Å². The fourth-order valence-corrected chi connectivity index (χ4v) is 0.537. The molecule has 0 bridgehead atoms. The van der Waals surface area contributed by atoms with E-state index < -0.39 is 5.37 Å². The molecule has 1 aliphatic heterocycles. The second-order valence-electron chi connectivity index (χ2n) is 1.60. The molecule has 1 aliphatic rings. The molecule has 1 amide bonds. The van der Waals surface area contributed by atoms with Gasteiger partial charge in [0.2, 0.25) is 0 Å². The van der Waals surface area contributed by atoms with Crippen molar-refractivity contribution in [1.29, 1.82) is 0 Å². The van der Waals surface area contributed by atoms with Crippen LogP contribution in [0.25, 0.3) is 0 Å². The fraction of sp³-hybridized carbons (Fsp3) is 0.500.